The molecule has 2 aromatic rings. The molecule has 0 amide bonds. The normalized spacial score (nSPS) is 11.4. The Morgan fingerprint density at radius 1 is 0.655 bits per heavy atom. The van der Waals surface area contributed by atoms with Crippen LogP contribution < -0.4 is 29.2 Å². The van der Waals surface area contributed by atoms with E-state index in [0.717, 1.165) is 0 Å². The number of carbonyl (C=O) groups is 2. The van der Waals surface area contributed by atoms with E-state index in [-0.39, 0.29) is 37.7 Å². The van der Waals surface area contributed by atoms with E-state index < -0.39 is 24.1 Å². The van der Waals surface area contributed by atoms with Crippen molar-refractivity contribution in [1.29, 1.82) is 0 Å². The van der Waals surface area contributed by atoms with Crippen LogP contribution in [0.2, 0.25) is 0 Å². The Bertz CT molecular complexity index is 681. The first-order valence-electron chi connectivity index (χ1n) is 8.30. The minimum Gasteiger partial charge on any atom is -0.546 e. The maximum Gasteiger partial charge on any atom is 2.00 e. The molecule has 0 spiro atoms. The molecule has 29 heavy (non-hydrogen) atoms. The number of hydrogen-bond acceptors (Lipinski definition) is 8. The molecular weight excluding hydrogens is 408 g/mol. The van der Waals surface area contributed by atoms with Crippen molar-refractivity contribution in [3.05, 3.63) is 48.5 Å². The number of methoxy groups -OCH3 is 2. The van der Waals surface area contributed by atoms with Crippen molar-refractivity contribution in [2.75, 3.05) is 14.2 Å². The first kappa shape index (κ1) is 26.8. The van der Waals surface area contributed by atoms with E-state index in [1.807, 2.05) is 0 Å². The van der Waals surface area contributed by atoms with Crippen molar-refractivity contribution in [1.82, 2.24) is 0 Å². The second-order valence-electron chi connectivity index (χ2n) is 5.51. The van der Waals surface area contributed by atoms with Crippen molar-refractivity contribution in [3.63, 3.8) is 0 Å². The van der Waals surface area contributed by atoms with Gasteiger partial charge in [-0.2, -0.15) is 0 Å². The van der Waals surface area contributed by atoms with Crippen molar-refractivity contribution < 1.29 is 38.7 Å². The van der Waals surface area contributed by atoms with Crippen molar-refractivity contribution >= 4 is 49.7 Å². The van der Waals surface area contributed by atoms with Crippen LogP contribution in [-0.2, 0) is 9.59 Å². The standard InChI is InChI=1S/2C10H12O4.Ca/c2*1-7(10(11)12)14-9-5-3-8(13-2)4-6-9;/h2*3-7H,1-2H3,(H,11,12);/q;;+2/p-2. The van der Waals surface area contributed by atoms with Gasteiger partial charge in [0.05, 0.1) is 26.2 Å². The van der Waals surface area contributed by atoms with Crippen LogP contribution in [0.3, 0.4) is 0 Å². The molecule has 0 saturated heterocycles. The molecule has 2 rings (SSSR count). The monoisotopic (exact) mass is 430 g/mol. The molecule has 9 heteroatoms. The average molecular weight is 430 g/mol. The summed E-state index contributed by atoms with van der Waals surface area (Å²) in [6, 6.07) is 13.3. The molecule has 8 nitrogen and oxygen atoms in total. The van der Waals surface area contributed by atoms with Gasteiger partial charge >= 0.3 is 37.7 Å². The van der Waals surface area contributed by atoms with Gasteiger partial charge in [0.15, 0.2) is 0 Å². The second kappa shape index (κ2) is 13.9. The van der Waals surface area contributed by atoms with Crippen LogP contribution in [0.4, 0.5) is 0 Å². The molecule has 0 saturated carbocycles. The molecule has 2 unspecified atom stereocenters. The van der Waals surface area contributed by atoms with Crippen LogP contribution in [0.25, 0.3) is 0 Å². The van der Waals surface area contributed by atoms with Crippen LogP contribution in [-0.4, -0.2) is 76.1 Å². The van der Waals surface area contributed by atoms with E-state index in [1.165, 1.54) is 13.8 Å². The Balaban J connectivity index is 0.000000523. The average Bonchev–Trinajstić information content (AvgIpc) is 2.69. The fourth-order valence-corrected chi connectivity index (χ4v) is 1.81. The predicted octanol–water partition coefficient (Wildman–Crippen LogP) is 0.0440. The van der Waals surface area contributed by atoms with Crippen LogP contribution in [0, 0.1) is 0 Å². The number of rotatable bonds is 8. The van der Waals surface area contributed by atoms with E-state index in [1.54, 1.807) is 62.8 Å². The Morgan fingerprint density at radius 3 is 1.10 bits per heavy atom. The molecule has 0 aliphatic carbocycles. The summed E-state index contributed by atoms with van der Waals surface area (Å²) in [7, 11) is 3.11. The van der Waals surface area contributed by atoms with Crippen molar-refractivity contribution in [3.8, 4) is 23.0 Å². The second-order valence-corrected chi connectivity index (χ2v) is 5.51. The maximum atomic E-state index is 10.4. The number of benzene rings is 2. The molecule has 0 radical (unpaired) electrons. The summed E-state index contributed by atoms with van der Waals surface area (Å²) < 4.78 is 20.0. The van der Waals surface area contributed by atoms with E-state index >= 15 is 0 Å². The summed E-state index contributed by atoms with van der Waals surface area (Å²) in [5, 5.41) is 20.7. The predicted molar refractivity (Wildman–Crippen MR) is 102 cm³/mol. The van der Waals surface area contributed by atoms with Gasteiger partial charge in [-0.3, -0.25) is 0 Å². The van der Waals surface area contributed by atoms with Crippen molar-refractivity contribution in [2.24, 2.45) is 0 Å². The fourth-order valence-electron chi connectivity index (χ4n) is 1.81. The summed E-state index contributed by atoms with van der Waals surface area (Å²) in [5.41, 5.74) is 0. The molecule has 0 fully saturated rings. The van der Waals surface area contributed by atoms with E-state index in [0.29, 0.717) is 23.0 Å². The van der Waals surface area contributed by atoms with Crippen molar-refractivity contribution in [2.45, 2.75) is 26.1 Å². The van der Waals surface area contributed by atoms with Gasteiger partial charge in [0.25, 0.3) is 0 Å². The van der Waals surface area contributed by atoms with Gasteiger partial charge in [-0.1, -0.05) is 0 Å². The number of carboxylic acids is 2. The van der Waals surface area contributed by atoms with Gasteiger partial charge < -0.3 is 38.7 Å². The minimum absolute atomic E-state index is 0. The summed E-state index contributed by atoms with van der Waals surface area (Å²) in [6.45, 7) is 2.83. The molecular formula is C20H22CaO8. The largest absolute Gasteiger partial charge is 2.00 e. The van der Waals surface area contributed by atoms with E-state index in [9.17, 15) is 19.8 Å². The first-order chi connectivity index (χ1) is 13.3. The molecule has 0 bridgehead atoms. The van der Waals surface area contributed by atoms with Crippen LogP contribution in [0.1, 0.15) is 13.8 Å². The number of hydrogen-bond donors (Lipinski definition) is 0. The molecule has 152 valence electrons. The van der Waals surface area contributed by atoms with E-state index in [4.69, 9.17) is 18.9 Å². The minimum atomic E-state index is -1.24. The zero-order chi connectivity index (χ0) is 21.1. The number of aliphatic carboxylic acids is 2. The van der Waals surface area contributed by atoms with E-state index in [2.05, 4.69) is 0 Å². The van der Waals surface area contributed by atoms with Gasteiger partial charge in [-0.05, 0) is 62.4 Å². The third-order valence-electron chi connectivity index (χ3n) is 3.41. The molecule has 0 aliphatic heterocycles. The molecule has 0 aliphatic rings. The Hall–Kier alpha value is -2.16. The van der Waals surface area contributed by atoms with Gasteiger partial charge in [0, 0.05) is 0 Å². The van der Waals surface area contributed by atoms with Crippen LogP contribution >= 0.6 is 0 Å². The summed E-state index contributed by atoms with van der Waals surface area (Å²) >= 11 is 0. The SMILES string of the molecule is COc1ccc(OC(C)C(=O)[O-])cc1.COc1ccc(OC(C)C(=O)[O-])cc1.[Ca+2]. The number of carbonyl (C=O) groups excluding carboxylic acids is 2. The third kappa shape index (κ3) is 10.3. The third-order valence-corrected chi connectivity index (χ3v) is 3.41. The maximum absolute atomic E-state index is 10.4. The van der Waals surface area contributed by atoms with Crippen LogP contribution in [0.15, 0.2) is 48.5 Å². The molecule has 0 heterocycles. The Kier molecular flexibility index (Phi) is 12.9. The topological polar surface area (TPSA) is 117 Å². The summed E-state index contributed by atoms with van der Waals surface area (Å²) in [6.07, 6.45) is -1.91. The molecule has 0 N–H and O–H groups in total. The van der Waals surface area contributed by atoms with Gasteiger partial charge in [0.2, 0.25) is 0 Å². The van der Waals surface area contributed by atoms with Gasteiger partial charge in [0.1, 0.15) is 35.2 Å². The smallest absolute Gasteiger partial charge is 0.546 e. The molecule has 0 aromatic heterocycles. The zero-order valence-corrected chi connectivity index (χ0v) is 19.0. The first-order valence-corrected chi connectivity index (χ1v) is 8.30. The van der Waals surface area contributed by atoms with Crippen LogP contribution in [0.5, 0.6) is 23.0 Å². The Labute approximate surface area is 199 Å². The quantitative estimate of drug-likeness (QED) is 0.539. The van der Waals surface area contributed by atoms with Gasteiger partial charge in [-0.25, -0.2) is 0 Å². The Morgan fingerprint density at radius 2 is 0.897 bits per heavy atom. The molecule has 2 aromatic carbocycles. The molecule has 2 atom stereocenters. The summed E-state index contributed by atoms with van der Waals surface area (Å²) in [4.78, 5) is 20.7. The fraction of sp³-hybridized carbons (Fsp3) is 0.300. The number of carboxylic acid groups (broad SMARTS) is 2. The summed E-state index contributed by atoms with van der Waals surface area (Å²) in [5.74, 6) is -0.136. The zero-order valence-electron chi connectivity index (χ0n) is 16.7. The van der Waals surface area contributed by atoms with Gasteiger partial charge in [-0.15, -0.1) is 0 Å². The number of ether oxygens (including phenoxy) is 4.